The zero-order valence-corrected chi connectivity index (χ0v) is 26.1. The van der Waals surface area contributed by atoms with Gasteiger partial charge in [0.2, 0.25) is 5.88 Å². The van der Waals surface area contributed by atoms with Crippen LogP contribution in [0.15, 0.2) is 18.0 Å². The number of aryl methyl sites for hydroxylation is 1. The van der Waals surface area contributed by atoms with Crippen molar-refractivity contribution >= 4 is 45.8 Å². The standard InChI is InChI=1S/C30H40N8O4S/c1-5-21-22(15-41-30(21)40)23-13-24(25-27(31)32-16-33-38(23)25)37-12-6-7-18(14-37)35-28(39)26-29(34-17(2)43-26)42-20-10-8-19(9-11-20)36(3)4/h13,16,18-20H,5-12,14-15H2,1-4H3,(H,35,39)(H2,31,32,33)/t18-,19?,20?/m1/s1. The molecule has 1 amide bonds. The van der Waals surface area contributed by atoms with E-state index in [1.807, 2.05) is 19.9 Å². The number of nitrogens with zero attached hydrogens (tertiary/aromatic N) is 6. The van der Waals surface area contributed by atoms with E-state index in [-0.39, 0.29) is 30.6 Å². The molecule has 0 aromatic carbocycles. The van der Waals surface area contributed by atoms with E-state index in [9.17, 15) is 9.59 Å². The largest absolute Gasteiger partial charge is 0.473 e. The predicted molar refractivity (Wildman–Crippen MR) is 165 cm³/mol. The SMILES string of the molecule is CCC1=C(c2cc(N3CCC[C@@H](NC(=O)c4sc(C)nc4OC4CCC(N(C)C)CC4)C3)c3c(N)ncnn23)COC1=O. The fraction of sp³-hybridized carbons (Fsp3) is 0.567. The second-order valence-corrected chi connectivity index (χ2v) is 13.0. The van der Waals surface area contributed by atoms with Crippen LogP contribution in [0.2, 0.25) is 0 Å². The first-order valence-corrected chi connectivity index (χ1v) is 15.9. The fourth-order valence-electron chi connectivity index (χ4n) is 6.56. The molecule has 3 aromatic rings. The number of amides is 1. The maximum atomic E-state index is 13.6. The molecule has 0 radical (unpaired) electrons. The molecule has 6 rings (SSSR count). The van der Waals surface area contributed by atoms with Crippen molar-refractivity contribution in [3.63, 3.8) is 0 Å². The van der Waals surface area contributed by atoms with Gasteiger partial charge in [-0.15, -0.1) is 11.3 Å². The Kier molecular flexibility index (Phi) is 8.27. The monoisotopic (exact) mass is 608 g/mol. The summed E-state index contributed by atoms with van der Waals surface area (Å²) in [4.78, 5) is 39.8. The molecule has 2 aliphatic heterocycles. The van der Waals surface area contributed by atoms with Gasteiger partial charge in [-0.2, -0.15) is 5.10 Å². The van der Waals surface area contributed by atoms with Gasteiger partial charge in [0.05, 0.1) is 16.4 Å². The van der Waals surface area contributed by atoms with Crippen LogP contribution in [0.4, 0.5) is 11.5 Å². The molecule has 1 aliphatic carbocycles. The van der Waals surface area contributed by atoms with Gasteiger partial charge in [0.1, 0.15) is 24.6 Å². The lowest BCUT2D eigenvalue weighted by molar-refractivity contribution is -0.136. The van der Waals surface area contributed by atoms with Crippen molar-refractivity contribution in [2.75, 3.05) is 44.4 Å². The van der Waals surface area contributed by atoms with Crippen molar-refractivity contribution in [1.82, 2.24) is 29.8 Å². The molecule has 5 heterocycles. The van der Waals surface area contributed by atoms with Crippen molar-refractivity contribution < 1.29 is 19.1 Å². The Bertz CT molecular complexity index is 1550. The highest BCUT2D eigenvalue weighted by Crippen LogP contribution is 2.37. The number of ether oxygens (including phenoxy) is 2. The number of nitrogen functional groups attached to an aromatic ring is 1. The van der Waals surface area contributed by atoms with Gasteiger partial charge in [-0.25, -0.2) is 19.3 Å². The van der Waals surface area contributed by atoms with Gasteiger partial charge in [-0.05, 0) is 72.0 Å². The number of nitrogens with one attached hydrogen (secondary N) is 1. The Labute approximate surface area is 255 Å². The van der Waals surface area contributed by atoms with Crippen LogP contribution in [0, 0.1) is 6.92 Å². The minimum atomic E-state index is -0.292. The van der Waals surface area contributed by atoms with Crippen LogP contribution in [0.5, 0.6) is 5.88 Å². The minimum Gasteiger partial charge on any atom is -0.473 e. The number of hydrogen-bond acceptors (Lipinski definition) is 11. The minimum absolute atomic E-state index is 0.0725. The van der Waals surface area contributed by atoms with Crippen molar-refractivity contribution in [3.8, 4) is 5.88 Å². The van der Waals surface area contributed by atoms with E-state index < -0.39 is 0 Å². The Morgan fingerprint density at radius 1 is 1.26 bits per heavy atom. The maximum Gasteiger partial charge on any atom is 0.334 e. The molecule has 0 spiro atoms. The number of carbonyl (C=O) groups excluding carboxylic acids is 2. The van der Waals surface area contributed by atoms with Gasteiger partial charge in [0, 0.05) is 36.3 Å². The molecule has 2 fully saturated rings. The number of fused-ring (bicyclic) bond motifs is 1. The molecule has 3 aromatic heterocycles. The third-order valence-electron chi connectivity index (χ3n) is 8.84. The van der Waals surface area contributed by atoms with E-state index in [1.54, 1.807) is 4.52 Å². The molecule has 230 valence electrons. The third kappa shape index (κ3) is 5.79. The summed E-state index contributed by atoms with van der Waals surface area (Å²) in [6, 6.07) is 2.50. The zero-order valence-electron chi connectivity index (χ0n) is 25.3. The van der Waals surface area contributed by atoms with Gasteiger partial charge in [-0.1, -0.05) is 6.92 Å². The van der Waals surface area contributed by atoms with E-state index in [0.29, 0.717) is 46.7 Å². The van der Waals surface area contributed by atoms with Crippen molar-refractivity contribution in [2.24, 2.45) is 0 Å². The number of carbonyl (C=O) groups is 2. The summed E-state index contributed by atoms with van der Waals surface area (Å²) in [5.41, 5.74) is 10.2. The molecule has 1 saturated heterocycles. The summed E-state index contributed by atoms with van der Waals surface area (Å²) in [5, 5.41) is 8.55. The van der Waals surface area contributed by atoms with Crippen LogP contribution in [-0.4, -0.2) is 88.3 Å². The van der Waals surface area contributed by atoms with Gasteiger partial charge in [-0.3, -0.25) is 4.79 Å². The van der Waals surface area contributed by atoms with Gasteiger partial charge in [0.25, 0.3) is 5.91 Å². The number of cyclic esters (lactones) is 1. The molecule has 0 unspecified atom stereocenters. The van der Waals surface area contributed by atoms with E-state index in [2.05, 4.69) is 44.3 Å². The lowest BCUT2D eigenvalue weighted by Gasteiger charge is -2.34. The second kappa shape index (κ2) is 12.1. The number of piperidine rings is 1. The lowest BCUT2D eigenvalue weighted by atomic mass is 9.92. The number of rotatable bonds is 8. The van der Waals surface area contributed by atoms with Crippen LogP contribution < -0.4 is 20.7 Å². The topological polar surface area (TPSA) is 140 Å². The summed E-state index contributed by atoms with van der Waals surface area (Å²) < 4.78 is 13.4. The molecule has 1 saturated carbocycles. The number of esters is 1. The average Bonchev–Trinajstić information content (AvgIpc) is 3.68. The number of aromatic nitrogens is 4. The second-order valence-electron chi connectivity index (χ2n) is 11.8. The summed E-state index contributed by atoms with van der Waals surface area (Å²) in [6.45, 7) is 5.43. The van der Waals surface area contributed by atoms with Crippen LogP contribution in [0.1, 0.15) is 72.2 Å². The highest BCUT2D eigenvalue weighted by molar-refractivity contribution is 7.13. The molecule has 13 heteroatoms. The van der Waals surface area contributed by atoms with Gasteiger partial charge in [0.15, 0.2) is 10.7 Å². The lowest BCUT2D eigenvalue weighted by Crippen LogP contribution is -2.47. The third-order valence-corrected chi connectivity index (χ3v) is 9.79. The smallest absolute Gasteiger partial charge is 0.334 e. The number of anilines is 2. The Balaban J connectivity index is 1.19. The van der Waals surface area contributed by atoms with Crippen molar-refractivity contribution in [2.45, 2.75) is 77.0 Å². The predicted octanol–water partition coefficient (Wildman–Crippen LogP) is 3.45. The molecular weight excluding hydrogens is 568 g/mol. The number of thiazole rings is 1. The van der Waals surface area contributed by atoms with E-state index >= 15 is 0 Å². The summed E-state index contributed by atoms with van der Waals surface area (Å²) >= 11 is 1.38. The maximum absolute atomic E-state index is 13.6. The fourth-order valence-corrected chi connectivity index (χ4v) is 7.32. The highest BCUT2D eigenvalue weighted by Gasteiger charge is 2.32. The molecule has 1 atom stereocenters. The van der Waals surface area contributed by atoms with Gasteiger partial charge >= 0.3 is 5.97 Å². The molecule has 12 nitrogen and oxygen atoms in total. The van der Waals surface area contributed by atoms with E-state index in [1.165, 1.54) is 17.7 Å². The van der Waals surface area contributed by atoms with E-state index in [4.69, 9.17) is 15.2 Å². The molecular formula is C30H40N8O4S. The normalized spacial score (nSPS) is 22.9. The van der Waals surface area contributed by atoms with E-state index in [0.717, 1.165) is 67.0 Å². The van der Waals surface area contributed by atoms with Gasteiger partial charge < -0.3 is 30.3 Å². The zero-order chi connectivity index (χ0) is 30.2. The summed E-state index contributed by atoms with van der Waals surface area (Å²) in [7, 11) is 4.25. The molecule has 3 N–H and O–H groups in total. The molecule has 43 heavy (non-hydrogen) atoms. The first-order chi connectivity index (χ1) is 20.7. The quantitative estimate of drug-likeness (QED) is 0.366. The van der Waals surface area contributed by atoms with Crippen molar-refractivity contribution in [3.05, 3.63) is 33.5 Å². The van der Waals surface area contributed by atoms with Crippen LogP contribution >= 0.6 is 11.3 Å². The Hall–Kier alpha value is -3.71. The highest BCUT2D eigenvalue weighted by atomic mass is 32.1. The molecule has 0 bridgehead atoms. The van der Waals surface area contributed by atoms with Crippen LogP contribution in [0.25, 0.3) is 11.1 Å². The average molecular weight is 609 g/mol. The first-order valence-electron chi connectivity index (χ1n) is 15.1. The Morgan fingerprint density at radius 3 is 2.79 bits per heavy atom. The van der Waals surface area contributed by atoms with Crippen LogP contribution in [-0.2, 0) is 9.53 Å². The first kappa shape index (κ1) is 29.4. The molecule has 3 aliphatic rings. The van der Waals surface area contributed by atoms with Crippen LogP contribution in [0.3, 0.4) is 0 Å². The number of nitrogens with two attached hydrogens (primary N) is 1. The summed E-state index contributed by atoms with van der Waals surface area (Å²) in [5.74, 6) is 0.355. The van der Waals surface area contributed by atoms with Crippen molar-refractivity contribution in [1.29, 1.82) is 0 Å². The summed E-state index contributed by atoms with van der Waals surface area (Å²) in [6.07, 6.45) is 7.85. The number of hydrogen-bond donors (Lipinski definition) is 2. The Morgan fingerprint density at radius 2 is 2.05 bits per heavy atom.